The number of halogens is 4. The Balaban J connectivity index is 1.26. The number of carbonyl (C=O) groups excluding carboxylic acids is 1. The van der Waals surface area contributed by atoms with Gasteiger partial charge in [-0.3, -0.25) is 4.79 Å². The molecule has 4 heterocycles. The molecule has 1 aromatic carbocycles. The molecule has 2 saturated heterocycles. The molecular weight excluding hydrogens is 440 g/mol. The van der Waals surface area contributed by atoms with Crippen LogP contribution in [0.25, 0.3) is 11.2 Å². The number of benzene rings is 1. The fourth-order valence-corrected chi connectivity index (χ4v) is 4.85. The summed E-state index contributed by atoms with van der Waals surface area (Å²) in [6.07, 6.45) is 2.36. The summed E-state index contributed by atoms with van der Waals surface area (Å²) in [4.78, 5) is 25.2. The van der Waals surface area contributed by atoms with Crippen molar-refractivity contribution in [1.82, 2.24) is 24.6 Å². The van der Waals surface area contributed by atoms with E-state index in [4.69, 9.17) is 0 Å². The number of fused-ring (bicyclic) bond motifs is 1. The van der Waals surface area contributed by atoms with Crippen molar-refractivity contribution < 1.29 is 22.4 Å². The van der Waals surface area contributed by atoms with E-state index in [-0.39, 0.29) is 17.9 Å². The topological polar surface area (TPSA) is 67.2 Å². The highest BCUT2D eigenvalue weighted by Crippen LogP contribution is 2.42. The van der Waals surface area contributed by atoms with Crippen LogP contribution in [0.4, 0.5) is 23.4 Å². The minimum Gasteiger partial charge on any atom is -0.355 e. The molecule has 0 bridgehead atoms. The van der Waals surface area contributed by atoms with E-state index in [9.17, 15) is 22.4 Å². The van der Waals surface area contributed by atoms with Crippen LogP contribution in [-0.4, -0.2) is 56.6 Å². The molecule has 1 spiro atoms. The normalized spacial score (nSPS) is 18.3. The maximum Gasteiger partial charge on any atom is 0.258 e. The van der Waals surface area contributed by atoms with Crippen LogP contribution in [0.3, 0.4) is 0 Å². The first-order chi connectivity index (χ1) is 15.8. The molecule has 33 heavy (non-hydrogen) atoms. The number of aromatic nitrogens is 4. The Morgan fingerprint density at radius 3 is 2.48 bits per heavy atom. The number of nitrogens with zero attached hydrogens (tertiary/aromatic N) is 6. The van der Waals surface area contributed by atoms with Gasteiger partial charge in [0.15, 0.2) is 5.65 Å². The molecule has 0 N–H and O–H groups in total. The molecular formula is C22H22F4N6O. The third kappa shape index (κ3) is 4.36. The zero-order chi connectivity index (χ0) is 23.2. The van der Waals surface area contributed by atoms with E-state index in [1.807, 2.05) is 4.90 Å². The summed E-state index contributed by atoms with van der Waals surface area (Å²) in [5, 5.41) is 3.94. The summed E-state index contributed by atoms with van der Waals surface area (Å²) in [5.41, 5.74) is 1.00. The summed E-state index contributed by atoms with van der Waals surface area (Å²) in [6.45, 7) is 1.44. The molecule has 0 unspecified atom stereocenters. The fraction of sp³-hybridized carbons (Fsp3) is 0.455. The molecule has 174 valence electrons. The Hall–Kier alpha value is -3.24. The van der Waals surface area contributed by atoms with E-state index in [1.165, 1.54) is 18.3 Å². The van der Waals surface area contributed by atoms with Gasteiger partial charge >= 0.3 is 0 Å². The van der Waals surface area contributed by atoms with Gasteiger partial charge in [-0.2, -0.15) is 5.10 Å². The van der Waals surface area contributed by atoms with E-state index in [0.29, 0.717) is 48.6 Å². The van der Waals surface area contributed by atoms with Crippen LogP contribution < -0.4 is 4.90 Å². The highest BCUT2D eigenvalue weighted by Gasteiger charge is 2.45. The smallest absolute Gasteiger partial charge is 0.258 e. The molecule has 1 amide bonds. The Morgan fingerprint density at radius 1 is 1.06 bits per heavy atom. The van der Waals surface area contributed by atoms with Gasteiger partial charge in [-0.15, -0.1) is 0 Å². The van der Waals surface area contributed by atoms with Crippen LogP contribution in [0.2, 0.25) is 0 Å². The lowest BCUT2D eigenvalue weighted by atomic mass is 9.77. The van der Waals surface area contributed by atoms with Gasteiger partial charge in [-0.1, -0.05) is 0 Å². The molecule has 2 aromatic heterocycles. The zero-order valence-electron chi connectivity index (χ0n) is 17.7. The maximum absolute atomic E-state index is 13.5. The third-order valence-corrected chi connectivity index (χ3v) is 6.49. The monoisotopic (exact) mass is 462 g/mol. The zero-order valence-corrected chi connectivity index (χ0v) is 17.7. The Kier molecular flexibility index (Phi) is 5.41. The van der Waals surface area contributed by atoms with Gasteiger partial charge in [0.05, 0.1) is 12.4 Å². The molecule has 0 aliphatic carbocycles. The van der Waals surface area contributed by atoms with Crippen LogP contribution in [0.1, 0.15) is 24.8 Å². The molecule has 11 heteroatoms. The molecule has 2 fully saturated rings. The van der Waals surface area contributed by atoms with Gasteiger partial charge in [0.25, 0.3) is 6.43 Å². The standard InChI is InChI=1S/C22H22F4N6O/c23-15-5-14(6-16(24)7-15)11-31-13-22(8-20(31)33)1-3-30(4-2-22)19-10-27-17-9-28-32(12-18(25)26)21(17)29-19/h5-7,9-10,18H,1-4,8,11-13H2. The number of hydrogen-bond donors (Lipinski definition) is 0. The second kappa shape index (κ2) is 8.27. The average Bonchev–Trinajstić information content (AvgIpc) is 3.27. The number of amides is 1. The molecule has 5 rings (SSSR count). The third-order valence-electron chi connectivity index (χ3n) is 6.49. The molecule has 2 aliphatic heterocycles. The molecule has 3 aromatic rings. The van der Waals surface area contributed by atoms with E-state index < -0.39 is 24.6 Å². The lowest BCUT2D eigenvalue weighted by molar-refractivity contribution is -0.128. The second-order valence-corrected chi connectivity index (χ2v) is 8.85. The Labute approximate surface area is 187 Å². The summed E-state index contributed by atoms with van der Waals surface area (Å²) in [5.74, 6) is -0.754. The number of hydrogen-bond acceptors (Lipinski definition) is 5. The largest absolute Gasteiger partial charge is 0.355 e. The first-order valence-electron chi connectivity index (χ1n) is 10.7. The lowest BCUT2D eigenvalue weighted by Crippen LogP contribution is -2.42. The van der Waals surface area contributed by atoms with Crippen molar-refractivity contribution in [1.29, 1.82) is 0 Å². The first kappa shape index (κ1) is 21.6. The summed E-state index contributed by atoms with van der Waals surface area (Å²) in [6, 6.07) is 3.31. The predicted octanol–water partition coefficient (Wildman–Crippen LogP) is 3.39. The maximum atomic E-state index is 13.5. The van der Waals surface area contributed by atoms with Gasteiger partial charge in [0, 0.05) is 44.1 Å². The van der Waals surface area contributed by atoms with Crippen LogP contribution in [0, 0.1) is 17.0 Å². The van der Waals surface area contributed by atoms with Gasteiger partial charge in [0.1, 0.15) is 29.5 Å². The number of carbonyl (C=O) groups is 1. The van der Waals surface area contributed by atoms with Crippen molar-refractivity contribution in [2.24, 2.45) is 5.41 Å². The van der Waals surface area contributed by atoms with Crippen molar-refractivity contribution in [3.05, 3.63) is 47.8 Å². The first-order valence-corrected chi connectivity index (χ1v) is 10.7. The number of piperidine rings is 1. The minimum atomic E-state index is -2.54. The van der Waals surface area contributed by atoms with Crippen molar-refractivity contribution in [3.63, 3.8) is 0 Å². The predicted molar refractivity (Wildman–Crippen MR) is 112 cm³/mol. The van der Waals surface area contributed by atoms with Gasteiger partial charge < -0.3 is 9.80 Å². The van der Waals surface area contributed by atoms with Gasteiger partial charge in [-0.25, -0.2) is 32.2 Å². The van der Waals surface area contributed by atoms with E-state index in [0.717, 1.165) is 23.6 Å². The summed E-state index contributed by atoms with van der Waals surface area (Å²) < 4.78 is 53.8. The number of anilines is 1. The summed E-state index contributed by atoms with van der Waals surface area (Å²) >= 11 is 0. The van der Waals surface area contributed by atoms with E-state index in [1.54, 1.807) is 11.1 Å². The van der Waals surface area contributed by atoms with Crippen molar-refractivity contribution in [3.8, 4) is 0 Å². The highest BCUT2D eigenvalue weighted by molar-refractivity contribution is 5.79. The van der Waals surface area contributed by atoms with Crippen molar-refractivity contribution in [2.75, 3.05) is 24.5 Å². The average molecular weight is 462 g/mol. The number of alkyl halides is 2. The van der Waals surface area contributed by atoms with Crippen LogP contribution in [0.5, 0.6) is 0 Å². The SMILES string of the molecule is O=C1CC2(CCN(c3cnc4cnn(CC(F)F)c4n3)CC2)CN1Cc1cc(F)cc(F)c1. The van der Waals surface area contributed by atoms with Crippen LogP contribution in [0.15, 0.2) is 30.6 Å². The fourth-order valence-electron chi connectivity index (χ4n) is 4.85. The lowest BCUT2D eigenvalue weighted by Gasteiger charge is -2.39. The molecule has 2 aliphatic rings. The van der Waals surface area contributed by atoms with Gasteiger partial charge in [-0.05, 0) is 30.5 Å². The highest BCUT2D eigenvalue weighted by atomic mass is 19.3. The number of rotatable bonds is 5. The Morgan fingerprint density at radius 2 is 1.79 bits per heavy atom. The Bertz CT molecular complexity index is 1170. The molecule has 0 atom stereocenters. The summed E-state index contributed by atoms with van der Waals surface area (Å²) in [7, 11) is 0. The van der Waals surface area contributed by atoms with Crippen molar-refractivity contribution in [2.45, 2.75) is 38.8 Å². The van der Waals surface area contributed by atoms with Crippen LogP contribution >= 0.6 is 0 Å². The molecule has 7 nitrogen and oxygen atoms in total. The minimum absolute atomic E-state index is 0.0229. The van der Waals surface area contributed by atoms with E-state index >= 15 is 0 Å². The van der Waals surface area contributed by atoms with Gasteiger partial charge in [0.2, 0.25) is 5.91 Å². The number of likely N-dealkylation sites (tertiary alicyclic amines) is 1. The molecule has 0 saturated carbocycles. The second-order valence-electron chi connectivity index (χ2n) is 8.85. The van der Waals surface area contributed by atoms with Crippen molar-refractivity contribution >= 4 is 22.9 Å². The van der Waals surface area contributed by atoms with Crippen LogP contribution in [-0.2, 0) is 17.9 Å². The molecule has 0 radical (unpaired) electrons. The quantitative estimate of drug-likeness (QED) is 0.544. The van der Waals surface area contributed by atoms with E-state index in [2.05, 4.69) is 15.1 Å².